The Bertz CT molecular complexity index is 855. The summed E-state index contributed by atoms with van der Waals surface area (Å²) in [5.41, 5.74) is 2.89. The molecule has 0 bridgehead atoms. The second-order valence-electron chi connectivity index (χ2n) is 5.20. The van der Waals surface area contributed by atoms with Crippen LogP contribution < -0.4 is 9.47 Å². The van der Waals surface area contributed by atoms with Gasteiger partial charge in [-0.15, -0.1) is 0 Å². The Balaban J connectivity index is 1.85. The minimum atomic E-state index is 0.825. The maximum Gasteiger partial charge on any atom is 0.189 e. The van der Waals surface area contributed by atoms with Crippen LogP contribution in [0.2, 0.25) is 0 Å². The minimum absolute atomic E-state index is 0.825. The largest absolute Gasteiger partial charge is 0.497 e. The number of hydrogen-bond acceptors (Lipinski definition) is 5. The number of rotatable bonds is 6. The van der Waals surface area contributed by atoms with E-state index in [1.165, 1.54) is 0 Å². The normalized spacial score (nSPS) is 11.0. The van der Waals surface area contributed by atoms with Crippen molar-refractivity contribution >= 4 is 18.0 Å². The van der Waals surface area contributed by atoms with Crippen molar-refractivity contribution in [2.24, 2.45) is 5.10 Å². The van der Waals surface area contributed by atoms with Crippen molar-refractivity contribution in [1.29, 1.82) is 0 Å². The van der Waals surface area contributed by atoms with E-state index >= 15 is 0 Å². The van der Waals surface area contributed by atoms with Crippen molar-refractivity contribution in [3.05, 3.63) is 60.3 Å². The topological polar surface area (TPSA) is 48.6 Å². The number of benzene rings is 2. The lowest BCUT2D eigenvalue weighted by Crippen LogP contribution is -1.91. The molecule has 0 aliphatic heterocycles. The van der Waals surface area contributed by atoms with Gasteiger partial charge in [0, 0.05) is 5.56 Å². The summed E-state index contributed by atoms with van der Waals surface area (Å²) >= 11 is 1.55. The highest BCUT2D eigenvalue weighted by molar-refractivity contribution is 7.98. The summed E-state index contributed by atoms with van der Waals surface area (Å²) in [6.45, 7) is 0. The average molecular weight is 353 g/mol. The summed E-state index contributed by atoms with van der Waals surface area (Å²) in [7, 11) is 3.31. The van der Waals surface area contributed by atoms with E-state index in [-0.39, 0.29) is 0 Å². The Hall–Kier alpha value is -2.73. The van der Waals surface area contributed by atoms with Crippen LogP contribution in [0, 0.1) is 0 Å². The third kappa shape index (κ3) is 4.03. The van der Waals surface area contributed by atoms with Crippen molar-refractivity contribution < 1.29 is 9.47 Å². The molecule has 2 aromatic carbocycles. The Morgan fingerprint density at radius 1 is 0.960 bits per heavy atom. The van der Waals surface area contributed by atoms with Crippen LogP contribution in [0.4, 0.5) is 0 Å². The highest BCUT2D eigenvalue weighted by Gasteiger charge is 2.08. The third-order valence-corrected chi connectivity index (χ3v) is 4.32. The molecule has 0 spiro atoms. The number of thioether (sulfide) groups is 1. The van der Waals surface area contributed by atoms with Crippen LogP contribution in [-0.4, -0.2) is 36.4 Å². The monoisotopic (exact) mass is 353 g/mol. The molecule has 1 aromatic heterocycles. The van der Waals surface area contributed by atoms with Crippen molar-refractivity contribution in [1.82, 2.24) is 9.66 Å². The van der Waals surface area contributed by atoms with E-state index < -0.39 is 0 Å². The molecule has 3 aromatic rings. The van der Waals surface area contributed by atoms with Crippen molar-refractivity contribution in [3.8, 4) is 22.8 Å². The fourth-order valence-corrected chi connectivity index (χ4v) is 2.77. The predicted octanol–water partition coefficient (Wildman–Crippen LogP) is 4.17. The minimum Gasteiger partial charge on any atom is -0.497 e. The number of aromatic nitrogens is 2. The standard InChI is InChI=1S/C19H19N3O2S/c1-23-16-8-4-14(5-9-16)12-20-22-13-18(21-19(22)25-3)15-6-10-17(24-2)11-7-15/h4-13H,1-3H3/b20-12+. The number of imidazole rings is 1. The molecular weight excluding hydrogens is 334 g/mol. The summed E-state index contributed by atoms with van der Waals surface area (Å²) < 4.78 is 12.1. The zero-order chi connectivity index (χ0) is 17.6. The quantitative estimate of drug-likeness (QED) is 0.493. The molecule has 1 heterocycles. The maximum atomic E-state index is 5.20. The lowest BCUT2D eigenvalue weighted by atomic mass is 10.2. The molecule has 0 amide bonds. The fraction of sp³-hybridized carbons (Fsp3) is 0.158. The Morgan fingerprint density at radius 2 is 1.56 bits per heavy atom. The summed E-state index contributed by atoms with van der Waals surface area (Å²) in [6, 6.07) is 15.6. The maximum absolute atomic E-state index is 5.20. The van der Waals surface area contributed by atoms with Gasteiger partial charge in [-0.05, 0) is 60.4 Å². The molecule has 0 atom stereocenters. The van der Waals surface area contributed by atoms with Gasteiger partial charge < -0.3 is 9.47 Å². The fourth-order valence-electron chi connectivity index (χ4n) is 2.30. The number of nitrogens with zero attached hydrogens (tertiary/aromatic N) is 3. The van der Waals surface area contributed by atoms with Crippen molar-refractivity contribution in [2.45, 2.75) is 5.16 Å². The van der Waals surface area contributed by atoms with Crippen LogP contribution in [0.3, 0.4) is 0 Å². The van der Waals surface area contributed by atoms with Crippen LogP contribution in [0.15, 0.2) is 65.0 Å². The molecular formula is C19H19N3O2S. The van der Waals surface area contributed by atoms with E-state index in [1.54, 1.807) is 36.9 Å². The molecule has 5 nitrogen and oxygen atoms in total. The van der Waals surface area contributed by atoms with Gasteiger partial charge in [0.15, 0.2) is 5.16 Å². The molecule has 0 unspecified atom stereocenters. The van der Waals surface area contributed by atoms with Crippen LogP contribution in [0.1, 0.15) is 5.56 Å². The zero-order valence-electron chi connectivity index (χ0n) is 14.3. The van der Waals surface area contributed by atoms with Gasteiger partial charge in [0.1, 0.15) is 11.5 Å². The lowest BCUT2D eigenvalue weighted by Gasteiger charge is -2.00. The molecule has 0 radical (unpaired) electrons. The average Bonchev–Trinajstić information content (AvgIpc) is 3.10. The van der Waals surface area contributed by atoms with E-state index in [4.69, 9.17) is 9.47 Å². The molecule has 0 N–H and O–H groups in total. The highest BCUT2D eigenvalue weighted by atomic mass is 32.2. The zero-order valence-corrected chi connectivity index (χ0v) is 15.2. The van der Waals surface area contributed by atoms with E-state index in [0.717, 1.165) is 33.5 Å². The molecule has 128 valence electrons. The van der Waals surface area contributed by atoms with Crippen molar-refractivity contribution in [3.63, 3.8) is 0 Å². The molecule has 0 fully saturated rings. The number of ether oxygens (including phenoxy) is 2. The van der Waals surface area contributed by atoms with Gasteiger partial charge in [-0.25, -0.2) is 9.66 Å². The van der Waals surface area contributed by atoms with Gasteiger partial charge in [-0.2, -0.15) is 5.10 Å². The first-order chi connectivity index (χ1) is 12.2. The first-order valence-electron chi connectivity index (χ1n) is 7.69. The second kappa shape index (κ2) is 7.90. The molecule has 0 saturated heterocycles. The van der Waals surface area contributed by atoms with Crippen LogP contribution in [0.5, 0.6) is 11.5 Å². The van der Waals surface area contributed by atoms with Gasteiger partial charge in [0.05, 0.1) is 32.3 Å². The predicted molar refractivity (Wildman–Crippen MR) is 102 cm³/mol. The Labute approximate surface area is 151 Å². The van der Waals surface area contributed by atoms with E-state index in [2.05, 4.69) is 10.1 Å². The van der Waals surface area contributed by atoms with Crippen LogP contribution in [-0.2, 0) is 0 Å². The van der Waals surface area contributed by atoms with E-state index in [0.29, 0.717) is 0 Å². The molecule has 0 aliphatic rings. The van der Waals surface area contributed by atoms with E-state index in [1.807, 2.05) is 61.0 Å². The molecule has 25 heavy (non-hydrogen) atoms. The Morgan fingerprint density at radius 3 is 2.12 bits per heavy atom. The summed E-state index contributed by atoms with van der Waals surface area (Å²) in [6.07, 6.45) is 5.71. The van der Waals surface area contributed by atoms with Gasteiger partial charge in [0.25, 0.3) is 0 Å². The second-order valence-corrected chi connectivity index (χ2v) is 5.98. The number of methoxy groups -OCH3 is 2. The SMILES string of the molecule is COc1ccc(/C=N/n2cc(-c3ccc(OC)cc3)nc2SC)cc1. The molecule has 6 heteroatoms. The Kier molecular flexibility index (Phi) is 5.40. The summed E-state index contributed by atoms with van der Waals surface area (Å²) in [5, 5.41) is 5.35. The van der Waals surface area contributed by atoms with Gasteiger partial charge in [0.2, 0.25) is 0 Å². The van der Waals surface area contributed by atoms with Crippen LogP contribution >= 0.6 is 11.8 Å². The smallest absolute Gasteiger partial charge is 0.189 e. The molecule has 0 saturated carbocycles. The summed E-state index contributed by atoms with van der Waals surface area (Å²) in [5.74, 6) is 1.65. The lowest BCUT2D eigenvalue weighted by molar-refractivity contribution is 0.414. The van der Waals surface area contributed by atoms with Gasteiger partial charge in [-0.3, -0.25) is 0 Å². The van der Waals surface area contributed by atoms with Crippen LogP contribution in [0.25, 0.3) is 11.3 Å². The van der Waals surface area contributed by atoms with E-state index in [9.17, 15) is 0 Å². The van der Waals surface area contributed by atoms with Gasteiger partial charge >= 0.3 is 0 Å². The summed E-state index contributed by atoms with van der Waals surface area (Å²) in [4.78, 5) is 4.65. The molecule has 3 rings (SSSR count). The number of hydrogen-bond donors (Lipinski definition) is 0. The van der Waals surface area contributed by atoms with Gasteiger partial charge in [-0.1, -0.05) is 11.8 Å². The first kappa shape index (κ1) is 17.1. The first-order valence-corrected chi connectivity index (χ1v) is 8.92. The third-order valence-electron chi connectivity index (χ3n) is 3.67. The molecule has 0 aliphatic carbocycles. The highest BCUT2D eigenvalue weighted by Crippen LogP contribution is 2.25. The van der Waals surface area contributed by atoms with Crippen molar-refractivity contribution in [2.75, 3.05) is 20.5 Å².